The van der Waals surface area contributed by atoms with Gasteiger partial charge >= 0.3 is 5.97 Å². The Morgan fingerprint density at radius 1 is 1.11 bits per heavy atom. The van der Waals surface area contributed by atoms with E-state index in [9.17, 15) is 9.59 Å². The highest BCUT2D eigenvalue weighted by atomic mass is 16.7. The van der Waals surface area contributed by atoms with Crippen molar-refractivity contribution < 1.29 is 19.2 Å². The van der Waals surface area contributed by atoms with E-state index in [1.165, 1.54) is 12.4 Å². The van der Waals surface area contributed by atoms with Crippen LogP contribution in [0.15, 0.2) is 36.7 Å². The van der Waals surface area contributed by atoms with Crippen LogP contribution in [0.2, 0.25) is 0 Å². The molecule has 0 spiro atoms. The maximum Gasteiger partial charge on any atom is 0.359 e. The number of hydrogen-bond acceptors (Lipinski definition) is 12. The summed E-state index contributed by atoms with van der Waals surface area (Å²) in [6, 6.07) is 6.92. The van der Waals surface area contributed by atoms with Crippen molar-refractivity contribution in [1.82, 2.24) is 29.5 Å². The fraction of sp³-hybridized carbons (Fsp3) is 0.292. The molecule has 0 saturated carbocycles. The molecule has 0 unspecified atom stereocenters. The molecular weight excluding hydrogens is 492 g/mol. The predicted octanol–water partition coefficient (Wildman–Crippen LogP) is 0.423. The summed E-state index contributed by atoms with van der Waals surface area (Å²) in [7, 11) is 3.68. The smallest absolute Gasteiger partial charge is 0.359 e. The number of rotatable bonds is 7. The van der Waals surface area contributed by atoms with Gasteiger partial charge in [-0.3, -0.25) is 4.79 Å². The molecule has 3 aromatic heterocycles. The Morgan fingerprint density at radius 2 is 1.84 bits per heavy atom. The molecule has 1 aliphatic rings. The third-order valence-electron chi connectivity index (χ3n) is 6.21. The lowest BCUT2D eigenvalue weighted by atomic mass is 10.1. The Bertz CT molecular complexity index is 1500. The molecule has 1 saturated heterocycles. The van der Waals surface area contributed by atoms with Crippen molar-refractivity contribution in [3.63, 3.8) is 0 Å². The highest BCUT2D eigenvalue weighted by molar-refractivity contribution is 5.94. The van der Waals surface area contributed by atoms with Crippen molar-refractivity contribution in [3.05, 3.63) is 53.6 Å². The minimum Gasteiger partial charge on any atom is -0.378 e. The maximum absolute atomic E-state index is 11.8. The Morgan fingerprint density at radius 3 is 2.53 bits per heavy atom. The Kier molecular flexibility index (Phi) is 6.81. The molecule has 14 nitrogen and oxygen atoms in total. The molecule has 14 heteroatoms. The number of nitrogens with zero attached hydrogens (tertiary/aromatic N) is 8. The maximum atomic E-state index is 11.8. The van der Waals surface area contributed by atoms with Gasteiger partial charge in [-0.25, -0.2) is 29.7 Å². The number of anilines is 2. The number of carbonyl (C=O) groups excluding carboxylic acids is 2. The largest absolute Gasteiger partial charge is 0.378 e. The number of primary amides is 1. The number of fused-ring (bicyclic) bond motifs is 1. The lowest BCUT2D eigenvalue weighted by molar-refractivity contribution is 0.0502. The van der Waals surface area contributed by atoms with Gasteiger partial charge in [0.05, 0.1) is 25.3 Å². The second-order valence-electron chi connectivity index (χ2n) is 8.71. The summed E-state index contributed by atoms with van der Waals surface area (Å²) in [5, 5.41) is 0. The molecule has 0 atom stereocenters. The number of aromatic nitrogens is 6. The highest BCUT2D eigenvalue weighted by Crippen LogP contribution is 2.29. The minimum atomic E-state index is -0.721. The normalized spacial score (nSPS) is 13.5. The average molecular weight is 519 g/mol. The van der Waals surface area contributed by atoms with Gasteiger partial charge in [0.15, 0.2) is 22.8 Å². The Labute approximate surface area is 217 Å². The quantitative estimate of drug-likeness (QED) is 0.322. The topological polar surface area (TPSA) is 180 Å². The number of imidazole rings is 1. The Balaban J connectivity index is 1.54. The van der Waals surface area contributed by atoms with Gasteiger partial charge in [0, 0.05) is 50.7 Å². The summed E-state index contributed by atoms with van der Waals surface area (Å²) in [4.78, 5) is 54.5. The van der Waals surface area contributed by atoms with Gasteiger partial charge in [-0.1, -0.05) is 12.1 Å². The van der Waals surface area contributed by atoms with E-state index in [4.69, 9.17) is 31.3 Å². The standard InChI is InChI=1S/C24H26N10O4/c1-32(24-27-11-16(12-28-24)23(36)38-26)13-17-29-18-21(33(17)2)30-20(15-5-3-4-14(10-15)19(25)35)31-22(18)34-6-8-37-9-7-34/h3-5,10-12H,6-9,13,26H2,1-2H3,(H2,25,35). The molecule has 1 aliphatic heterocycles. The molecule has 1 amide bonds. The predicted molar refractivity (Wildman–Crippen MR) is 137 cm³/mol. The van der Waals surface area contributed by atoms with Crippen LogP contribution in [-0.2, 0) is 23.2 Å². The van der Waals surface area contributed by atoms with E-state index in [-0.39, 0.29) is 5.56 Å². The van der Waals surface area contributed by atoms with Crippen LogP contribution in [0.4, 0.5) is 11.8 Å². The molecule has 1 aromatic carbocycles. The SMILES string of the molecule is CN(Cc1nc2c(N3CCOCC3)nc(-c3cccc(C(N)=O)c3)nc2n1C)c1ncc(C(=O)ON)cn1. The first-order valence-corrected chi connectivity index (χ1v) is 11.8. The van der Waals surface area contributed by atoms with Crippen molar-refractivity contribution in [1.29, 1.82) is 0 Å². The number of amides is 1. The summed E-state index contributed by atoms with van der Waals surface area (Å²) < 4.78 is 7.42. The van der Waals surface area contributed by atoms with E-state index < -0.39 is 11.9 Å². The first-order chi connectivity index (χ1) is 18.4. The zero-order valence-corrected chi connectivity index (χ0v) is 20.9. The van der Waals surface area contributed by atoms with E-state index in [1.54, 1.807) is 23.1 Å². The third-order valence-corrected chi connectivity index (χ3v) is 6.21. The van der Waals surface area contributed by atoms with E-state index in [0.29, 0.717) is 78.6 Å². The van der Waals surface area contributed by atoms with Crippen molar-refractivity contribution in [2.24, 2.45) is 18.7 Å². The first kappa shape index (κ1) is 25.0. The third kappa shape index (κ3) is 4.81. The fourth-order valence-electron chi connectivity index (χ4n) is 4.14. The summed E-state index contributed by atoms with van der Waals surface area (Å²) in [6.45, 7) is 2.81. The van der Waals surface area contributed by atoms with Gasteiger partial charge in [0.2, 0.25) is 11.9 Å². The summed E-state index contributed by atoms with van der Waals surface area (Å²) >= 11 is 0. The molecule has 4 heterocycles. The van der Waals surface area contributed by atoms with E-state index in [1.807, 2.05) is 24.7 Å². The Hall–Kier alpha value is -4.69. The van der Waals surface area contributed by atoms with Crippen LogP contribution in [0.3, 0.4) is 0 Å². The van der Waals surface area contributed by atoms with Crippen LogP contribution in [0.1, 0.15) is 26.5 Å². The van der Waals surface area contributed by atoms with Gasteiger partial charge in [-0.15, -0.1) is 0 Å². The van der Waals surface area contributed by atoms with Crippen LogP contribution in [0.5, 0.6) is 0 Å². The van der Waals surface area contributed by atoms with Gasteiger partial charge in [0.25, 0.3) is 0 Å². The second kappa shape index (κ2) is 10.4. The molecule has 196 valence electrons. The van der Waals surface area contributed by atoms with Crippen LogP contribution in [0, 0.1) is 0 Å². The van der Waals surface area contributed by atoms with Crippen LogP contribution in [0.25, 0.3) is 22.6 Å². The van der Waals surface area contributed by atoms with E-state index >= 15 is 0 Å². The number of nitrogens with two attached hydrogens (primary N) is 2. The van der Waals surface area contributed by atoms with Crippen molar-refractivity contribution in [2.75, 3.05) is 43.2 Å². The second-order valence-corrected chi connectivity index (χ2v) is 8.71. The number of aryl methyl sites for hydroxylation is 1. The van der Waals surface area contributed by atoms with Gasteiger partial charge in [-0.2, -0.15) is 5.90 Å². The number of hydrogen-bond donors (Lipinski definition) is 2. The monoisotopic (exact) mass is 518 g/mol. The number of morpholine rings is 1. The molecule has 38 heavy (non-hydrogen) atoms. The van der Waals surface area contributed by atoms with Crippen LogP contribution >= 0.6 is 0 Å². The van der Waals surface area contributed by atoms with E-state index in [2.05, 4.69) is 19.7 Å². The van der Waals surface area contributed by atoms with Gasteiger partial charge < -0.3 is 29.7 Å². The fourth-order valence-corrected chi connectivity index (χ4v) is 4.14. The number of benzene rings is 1. The summed E-state index contributed by atoms with van der Waals surface area (Å²) in [5.74, 6) is 5.90. The number of carbonyl (C=O) groups is 2. The zero-order chi connectivity index (χ0) is 26.8. The molecular formula is C24H26N10O4. The van der Waals surface area contributed by atoms with Crippen molar-refractivity contribution >= 4 is 34.8 Å². The first-order valence-electron chi connectivity index (χ1n) is 11.8. The lowest BCUT2D eigenvalue weighted by Crippen LogP contribution is -2.37. The lowest BCUT2D eigenvalue weighted by Gasteiger charge is -2.28. The van der Waals surface area contributed by atoms with E-state index in [0.717, 1.165) is 0 Å². The molecule has 1 fully saturated rings. The summed E-state index contributed by atoms with van der Waals surface area (Å²) in [5.41, 5.74) is 7.95. The zero-order valence-electron chi connectivity index (χ0n) is 20.9. The van der Waals surface area contributed by atoms with Crippen molar-refractivity contribution in [2.45, 2.75) is 6.54 Å². The highest BCUT2D eigenvalue weighted by Gasteiger charge is 2.23. The molecule has 4 aromatic rings. The molecule has 4 N–H and O–H groups in total. The average Bonchev–Trinajstić information content (AvgIpc) is 3.27. The number of ether oxygens (including phenoxy) is 1. The van der Waals surface area contributed by atoms with Gasteiger partial charge in [-0.05, 0) is 12.1 Å². The summed E-state index contributed by atoms with van der Waals surface area (Å²) in [6.07, 6.45) is 2.69. The molecule has 0 radical (unpaired) electrons. The van der Waals surface area contributed by atoms with Crippen molar-refractivity contribution in [3.8, 4) is 11.4 Å². The van der Waals surface area contributed by atoms with Gasteiger partial charge in [0.1, 0.15) is 5.82 Å². The van der Waals surface area contributed by atoms with Crippen LogP contribution in [-0.4, -0.2) is 74.7 Å². The molecule has 0 aliphatic carbocycles. The molecule has 5 rings (SSSR count). The molecule has 0 bridgehead atoms. The minimum absolute atomic E-state index is 0.144. The van der Waals surface area contributed by atoms with Crippen LogP contribution < -0.4 is 21.4 Å².